The summed E-state index contributed by atoms with van der Waals surface area (Å²) in [7, 11) is 4.56. The highest BCUT2D eigenvalue weighted by Gasteiger charge is 2.20. The zero-order valence-electron chi connectivity index (χ0n) is 14.4. The Morgan fingerprint density at radius 3 is 1.78 bits per heavy atom. The molecule has 0 radical (unpaired) electrons. The summed E-state index contributed by atoms with van der Waals surface area (Å²) in [5, 5.41) is 0. The molecule has 0 aliphatic carbocycles. The third kappa shape index (κ3) is 6.82. The molecular formula is C19H27NO3. The molecular weight excluding hydrogens is 290 g/mol. The predicted octanol–water partition coefficient (Wildman–Crippen LogP) is 3.65. The second-order valence-electron chi connectivity index (χ2n) is 5.16. The van der Waals surface area contributed by atoms with Crippen LogP contribution >= 0.6 is 0 Å². The number of nitrogen functional groups attached to an aromatic ring is 1. The molecule has 0 aliphatic heterocycles. The van der Waals surface area contributed by atoms with Crippen LogP contribution in [-0.4, -0.2) is 27.3 Å². The smallest absolute Gasteiger partial charge is 0.279 e. The summed E-state index contributed by atoms with van der Waals surface area (Å²) < 4.78 is 14.4. The van der Waals surface area contributed by atoms with Gasteiger partial charge < -0.3 is 19.9 Å². The summed E-state index contributed by atoms with van der Waals surface area (Å²) in [6, 6.07) is 18.6. The van der Waals surface area contributed by atoms with E-state index >= 15 is 0 Å². The van der Waals surface area contributed by atoms with E-state index in [0.717, 1.165) is 18.5 Å². The van der Waals surface area contributed by atoms with Gasteiger partial charge in [-0.05, 0) is 30.0 Å². The maximum absolute atomic E-state index is 5.88. The average molecular weight is 317 g/mol. The van der Waals surface area contributed by atoms with Crippen LogP contribution in [0.15, 0.2) is 54.6 Å². The van der Waals surface area contributed by atoms with Gasteiger partial charge in [0.2, 0.25) is 0 Å². The normalized spacial score (nSPS) is 10.8. The molecule has 0 saturated heterocycles. The van der Waals surface area contributed by atoms with Crippen molar-refractivity contribution in [2.24, 2.45) is 0 Å². The number of aryl methyl sites for hydroxylation is 2. The second kappa shape index (κ2) is 10.0. The maximum Gasteiger partial charge on any atom is 0.279 e. The molecule has 4 nitrogen and oxygen atoms in total. The Balaban J connectivity index is 0.000000284. The van der Waals surface area contributed by atoms with Crippen molar-refractivity contribution in [3.63, 3.8) is 0 Å². The van der Waals surface area contributed by atoms with Gasteiger partial charge in [-0.1, -0.05) is 48.5 Å². The maximum atomic E-state index is 5.88. The van der Waals surface area contributed by atoms with Gasteiger partial charge in [0.05, 0.1) is 0 Å². The lowest BCUT2D eigenvalue weighted by atomic mass is 10.0. The van der Waals surface area contributed by atoms with Gasteiger partial charge in [-0.3, -0.25) is 0 Å². The molecule has 2 N–H and O–H groups in total. The van der Waals surface area contributed by atoms with Crippen molar-refractivity contribution in [1.29, 1.82) is 0 Å². The third-order valence-electron chi connectivity index (χ3n) is 3.69. The van der Waals surface area contributed by atoms with Crippen molar-refractivity contribution in [3.8, 4) is 0 Å². The molecule has 0 bridgehead atoms. The van der Waals surface area contributed by atoms with Gasteiger partial charge in [-0.2, -0.15) is 0 Å². The van der Waals surface area contributed by atoms with E-state index in [2.05, 4.69) is 30.3 Å². The van der Waals surface area contributed by atoms with Crippen LogP contribution < -0.4 is 5.73 Å². The highest BCUT2D eigenvalue weighted by atomic mass is 16.9. The first-order chi connectivity index (χ1) is 11.0. The molecule has 0 heterocycles. The third-order valence-corrected chi connectivity index (χ3v) is 3.69. The number of hydrogen-bond donors (Lipinski definition) is 1. The highest BCUT2D eigenvalue weighted by molar-refractivity contribution is 5.46. The van der Waals surface area contributed by atoms with Gasteiger partial charge >= 0.3 is 0 Å². The zero-order chi connectivity index (χ0) is 17.1. The topological polar surface area (TPSA) is 53.7 Å². The number of ether oxygens (including phenoxy) is 3. The van der Waals surface area contributed by atoms with Gasteiger partial charge in [0.1, 0.15) is 0 Å². The monoisotopic (exact) mass is 317 g/mol. The number of rotatable bonds is 6. The molecule has 0 amide bonds. The van der Waals surface area contributed by atoms with E-state index in [1.165, 1.54) is 32.5 Å². The van der Waals surface area contributed by atoms with E-state index in [-0.39, 0.29) is 0 Å². The van der Waals surface area contributed by atoms with Crippen molar-refractivity contribution >= 4 is 5.69 Å². The fraction of sp³-hybridized carbons (Fsp3) is 0.368. The standard InChI is InChI=1S/C14H15N.C5H12O3/c15-14-9-5-4-8-13(14)11-10-12-6-2-1-3-7-12;1-5(6-2,7-3)8-4/h1-9H,10-11,15H2;1-4H3. The van der Waals surface area contributed by atoms with Gasteiger partial charge in [-0.25, -0.2) is 0 Å². The lowest BCUT2D eigenvalue weighted by Gasteiger charge is -2.23. The van der Waals surface area contributed by atoms with Crippen molar-refractivity contribution in [2.45, 2.75) is 25.7 Å². The van der Waals surface area contributed by atoms with Crippen molar-refractivity contribution in [2.75, 3.05) is 27.1 Å². The summed E-state index contributed by atoms with van der Waals surface area (Å²) in [5.74, 6) is -0.875. The van der Waals surface area contributed by atoms with Crippen LogP contribution in [0.5, 0.6) is 0 Å². The molecule has 126 valence electrons. The number of nitrogens with two attached hydrogens (primary N) is 1. The second-order valence-corrected chi connectivity index (χ2v) is 5.16. The molecule has 2 rings (SSSR count). The zero-order valence-corrected chi connectivity index (χ0v) is 14.4. The Morgan fingerprint density at radius 1 is 0.783 bits per heavy atom. The molecule has 0 aromatic heterocycles. The minimum Gasteiger partial charge on any atom is -0.399 e. The van der Waals surface area contributed by atoms with Gasteiger partial charge in [-0.15, -0.1) is 0 Å². The summed E-state index contributed by atoms with van der Waals surface area (Å²) in [6.45, 7) is 1.69. The van der Waals surface area contributed by atoms with Crippen LogP contribution in [0.25, 0.3) is 0 Å². The van der Waals surface area contributed by atoms with E-state index in [1.807, 2.05) is 24.3 Å². The van der Waals surface area contributed by atoms with E-state index < -0.39 is 5.97 Å². The number of benzene rings is 2. The Labute approximate surface area is 139 Å². The first-order valence-electron chi connectivity index (χ1n) is 7.57. The summed E-state index contributed by atoms with van der Waals surface area (Å²) in [4.78, 5) is 0. The van der Waals surface area contributed by atoms with Crippen LogP contribution in [0.2, 0.25) is 0 Å². The van der Waals surface area contributed by atoms with Gasteiger partial charge in [0.25, 0.3) is 5.97 Å². The Kier molecular flexibility index (Phi) is 8.33. The molecule has 2 aromatic rings. The van der Waals surface area contributed by atoms with Gasteiger partial charge in [0.15, 0.2) is 0 Å². The predicted molar refractivity (Wildman–Crippen MR) is 94.1 cm³/mol. The van der Waals surface area contributed by atoms with E-state index in [9.17, 15) is 0 Å². The molecule has 0 unspecified atom stereocenters. The van der Waals surface area contributed by atoms with Gasteiger partial charge in [0, 0.05) is 33.9 Å². The fourth-order valence-electron chi connectivity index (χ4n) is 1.94. The molecule has 0 spiro atoms. The minimum atomic E-state index is -0.875. The van der Waals surface area contributed by atoms with Crippen molar-refractivity contribution in [1.82, 2.24) is 0 Å². The average Bonchev–Trinajstić information content (AvgIpc) is 2.62. The first kappa shape index (κ1) is 19.2. The number of hydrogen-bond acceptors (Lipinski definition) is 4. The van der Waals surface area contributed by atoms with Crippen LogP contribution in [-0.2, 0) is 27.1 Å². The fourth-order valence-corrected chi connectivity index (χ4v) is 1.94. The molecule has 4 heteroatoms. The van der Waals surface area contributed by atoms with Crippen LogP contribution in [0.3, 0.4) is 0 Å². The number of para-hydroxylation sites is 1. The number of anilines is 1. The van der Waals surface area contributed by atoms with Crippen molar-refractivity contribution in [3.05, 3.63) is 65.7 Å². The van der Waals surface area contributed by atoms with Crippen LogP contribution in [0, 0.1) is 0 Å². The SMILES string of the molecule is COC(C)(OC)OC.Nc1ccccc1CCc1ccccc1. The molecule has 2 aromatic carbocycles. The summed E-state index contributed by atoms with van der Waals surface area (Å²) in [6.07, 6.45) is 2.06. The quantitative estimate of drug-likeness (QED) is 0.652. The highest BCUT2D eigenvalue weighted by Crippen LogP contribution is 2.13. The van der Waals surface area contributed by atoms with Crippen LogP contribution in [0.1, 0.15) is 18.1 Å². The lowest BCUT2D eigenvalue weighted by molar-refractivity contribution is -0.340. The summed E-state index contributed by atoms with van der Waals surface area (Å²) in [5.41, 5.74) is 9.38. The van der Waals surface area contributed by atoms with E-state index in [4.69, 9.17) is 19.9 Å². The minimum absolute atomic E-state index is 0.875. The molecule has 0 fully saturated rings. The molecule has 0 aliphatic rings. The first-order valence-corrected chi connectivity index (χ1v) is 7.57. The lowest BCUT2D eigenvalue weighted by Crippen LogP contribution is -2.31. The van der Waals surface area contributed by atoms with E-state index in [1.54, 1.807) is 6.92 Å². The molecule has 0 atom stereocenters. The largest absolute Gasteiger partial charge is 0.399 e. The summed E-state index contributed by atoms with van der Waals surface area (Å²) >= 11 is 0. The Bertz CT molecular complexity index is 545. The van der Waals surface area contributed by atoms with E-state index in [0.29, 0.717) is 0 Å². The van der Waals surface area contributed by atoms with Crippen LogP contribution in [0.4, 0.5) is 5.69 Å². The number of methoxy groups -OCH3 is 3. The Hall–Kier alpha value is -1.88. The molecule has 23 heavy (non-hydrogen) atoms. The molecule has 0 saturated carbocycles. The van der Waals surface area contributed by atoms with Crippen molar-refractivity contribution < 1.29 is 14.2 Å². The Morgan fingerprint density at radius 2 is 1.30 bits per heavy atom.